The van der Waals surface area contributed by atoms with Gasteiger partial charge in [0.05, 0.1) is 42.3 Å². The third kappa shape index (κ3) is 6.24. The largest absolute Gasteiger partial charge is 0.507 e. The first kappa shape index (κ1) is 35.6. The van der Waals surface area contributed by atoms with Gasteiger partial charge in [-0.2, -0.15) is 0 Å². The number of allylic oxidation sites excluding steroid dienone is 3. The zero-order chi connectivity index (χ0) is 38.9. The van der Waals surface area contributed by atoms with Crippen molar-refractivity contribution in [2.24, 2.45) is 0 Å². The van der Waals surface area contributed by atoms with Crippen LogP contribution in [0.2, 0.25) is 0 Å². The van der Waals surface area contributed by atoms with E-state index in [2.05, 4.69) is 29.8 Å². The van der Waals surface area contributed by atoms with Gasteiger partial charge in [0.15, 0.2) is 17.3 Å². The van der Waals surface area contributed by atoms with Crippen LogP contribution in [0.4, 0.5) is 11.4 Å². The van der Waals surface area contributed by atoms with E-state index in [1.807, 2.05) is 18.2 Å². The van der Waals surface area contributed by atoms with Gasteiger partial charge in [-0.05, 0) is 79.2 Å². The average molecular weight is 815 g/mol. The van der Waals surface area contributed by atoms with Gasteiger partial charge in [-0.15, -0.1) is 22.7 Å². The first-order chi connectivity index (χ1) is 26.9. The Balaban J connectivity index is 0.907. The zero-order valence-corrected chi connectivity index (χ0v) is 32.3. The Hall–Kier alpha value is -6.12. The number of halogens is 1. The number of ketones is 2. The van der Waals surface area contributed by atoms with Crippen LogP contribution in [0.1, 0.15) is 37.4 Å². The van der Waals surface area contributed by atoms with Gasteiger partial charge in [-0.25, -0.2) is 18.4 Å². The summed E-state index contributed by atoms with van der Waals surface area (Å²) in [5, 5.41) is 11.3. The van der Waals surface area contributed by atoms with E-state index in [0.29, 0.717) is 5.69 Å². The number of aromatic hydroxyl groups is 1. The monoisotopic (exact) mass is 814 g/mol. The second-order valence-corrected chi connectivity index (χ2v) is 17.5. The zero-order valence-electron chi connectivity index (χ0n) is 29.1. The maximum atomic E-state index is 13.6. The Bertz CT molecular complexity index is 3040. The second-order valence-electron chi connectivity index (χ2n) is 13.2. The highest BCUT2D eigenvalue weighted by Crippen LogP contribution is 2.43. The average Bonchev–Trinajstić information content (AvgIpc) is 3.76. The van der Waals surface area contributed by atoms with E-state index in [1.54, 1.807) is 59.1 Å². The number of phenols is 1. The summed E-state index contributed by atoms with van der Waals surface area (Å²) in [7, 11) is -4.05. The topological polar surface area (TPSA) is 162 Å². The van der Waals surface area contributed by atoms with E-state index < -0.39 is 32.6 Å². The molecule has 5 aromatic carbocycles. The van der Waals surface area contributed by atoms with Gasteiger partial charge < -0.3 is 15.6 Å². The molecule has 0 fully saturated rings. The number of carbonyl (C=O) groups excluding carboxylic acids is 2. The Labute approximate surface area is 332 Å². The lowest BCUT2D eigenvalue weighted by molar-refractivity contribution is 0.0977. The van der Waals surface area contributed by atoms with Crippen LogP contribution in [0.3, 0.4) is 0 Å². The van der Waals surface area contributed by atoms with Crippen LogP contribution in [0.15, 0.2) is 126 Å². The minimum atomic E-state index is -4.05. The van der Waals surface area contributed by atoms with Crippen LogP contribution < -0.4 is 15.2 Å². The van der Waals surface area contributed by atoms with E-state index in [4.69, 9.17) is 32.0 Å². The van der Waals surface area contributed by atoms with Crippen molar-refractivity contribution in [3.05, 3.63) is 154 Å². The molecule has 7 aromatic rings. The quantitative estimate of drug-likeness (QED) is 0.105. The van der Waals surface area contributed by atoms with E-state index in [0.717, 1.165) is 47.6 Å². The summed E-state index contributed by atoms with van der Waals surface area (Å²) < 4.78 is 37.9. The molecule has 4 N–H and O–H groups in total. The molecule has 0 saturated carbocycles. The fourth-order valence-electron chi connectivity index (χ4n) is 6.62. The molecule has 9 rings (SSSR count). The van der Waals surface area contributed by atoms with Crippen LogP contribution in [-0.2, 0) is 10.0 Å². The molecule has 0 bridgehead atoms. The molecular formula is C42H27ClN4O6S3. The fraction of sp³-hybridized carbons (Fsp3) is 0.0476. The Kier molecular flexibility index (Phi) is 8.62. The number of nitrogen functional groups attached to an aromatic ring is 1. The van der Waals surface area contributed by atoms with Crippen molar-refractivity contribution >= 4 is 87.7 Å². The lowest BCUT2D eigenvalue weighted by Gasteiger charge is -2.22. The summed E-state index contributed by atoms with van der Waals surface area (Å²) in [4.78, 5) is 36.2. The molecule has 0 radical (unpaired) electrons. The molecule has 1 unspecified atom stereocenters. The maximum absolute atomic E-state index is 13.6. The minimum absolute atomic E-state index is 0.00382. The number of rotatable bonds is 7. The van der Waals surface area contributed by atoms with E-state index >= 15 is 0 Å². The van der Waals surface area contributed by atoms with Gasteiger partial charge >= 0.3 is 0 Å². The summed E-state index contributed by atoms with van der Waals surface area (Å²) in [5.74, 6) is -1.71. The molecule has 2 aliphatic rings. The Morgan fingerprint density at radius 3 is 2.16 bits per heavy atom. The number of nitrogens with two attached hydrogens (primary N) is 1. The van der Waals surface area contributed by atoms with Crippen molar-refractivity contribution < 1.29 is 27.9 Å². The van der Waals surface area contributed by atoms with Crippen molar-refractivity contribution in [2.45, 2.75) is 12.2 Å². The third-order valence-electron chi connectivity index (χ3n) is 9.42. The Morgan fingerprint density at radius 1 is 0.821 bits per heavy atom. The van der Waals surface area contributed by atoms with Crippen LogP contribution in [-0.4, -0.2) is 40.3 Å². The number of thiazole rings is 2. The standard InChI is InChI=1S/C42H27ClN4O6S3/c1-21-9-15-29-34(17-21)54-42(46-29)23-12-16-30-35(18-23)55-41(45-30)22-10-13-24(14-11-22)47-56(51,52)25-5-4-8-32(28(43)19-25)53-33-20-31(48)36-37(38(33)44)40(50)27-7-3-2-6-26(27)39(36)49/h2-20,25,47-48H,44H2,1H3. The second kappa shape index (κ2) is 13.6. The van der Waals surface area contributed by atoms with Gasteiger partial charge in [0.2, 0.25) is 10.0 Å². The van der Waals surface area contributed by atoms with Gasteiger partial charge in [-0.1, -0.05) is 54.1 Å². The van der Waals surface area contributed by atoms with Crippen molar-refractivity contribution in [2.75, 3.05) is 10.5 Å². The van der Waals surface area contributed by atoms with Gasteiger partial charge in [-0.3, -0.25) is 14.3 Å². The fourth-order valence-corrected chi connectivity index (χ4v) is 10.2. The molecule has 1 atom stereocenters. The molecular weight excluding hydrogens is 788 g/mol. The van der Waals surface area contributed by atoms with Gasteiger partial charge in [0, 0.05) is 34.0 Å². The molecule has 276 valence electrons. The number of carbonyl (C=O) groups is 2. The Morgan fingerprint density at radius 2 is 1.45 bits per heavy atom. The number of sulfonamides is 1. The molecule has 2 aromatic heterocycles. The highest BCUT2D eigenvalue weighted by Gasteiger charge is 2.35. The minimum Gasteiger partial charge on any atom is -0.507 e. The summed E-state index contributed by atoms with van der Waals surface area (Å²) in [5.41, 5.74) is 11.3. The first-order valence-electron chi connectivity index (χ1n) is 17.1. The van der Waals surface area contributed by atoms with Crippen molar-refractivity contribution in [3.63, 3.8) is 0 Å². The van der Waals surface area contributed by atoms with E-state index in [1.165, 1.54) is 42.0 Å². The number of fused-ring (bicyclic) bond motifs is 4. The molecule has 0 amide bonds. The summed E-state index contributed by atoms with van der Waals surface area (Å²) >= 11 is 9.79. The van der Waals surface area contributed by atoms with E-state index in [-0.39, 0.29) is 44.5 Å². The molecule has 14 heteroatoms. The highest BCUT2D eigenvalue weighted by molar-refractivity contribution is 7.93. The molecule has 0 spiro atoms. The molecule has 2 aliphatic carbocycles. The summed E-state index contributed by atoms with van der Waals surface area (Å²) in [6.45, 7) is 2.07. The smallest absolute Gasteiger partial charge is 0.242 e. The van der Waals surface area contributed by atoms with Crippen LogP contribution in [0.5, 0.6) is 11.5 Å². The normalized spacial score (nSPS) is 15.3. The molecule has 2 heterocycles. The number of aryl methyl sites for hydroxylation is 1. The molecule has 0 aliphatic heterocycles. The van der Waals surface area contributed by atoms with Crippen LogP contribution >= 0.6 is 34.3 Å². The third-order valence-corrected chi connectivity index (χ3v) is 13.4. The SMILES string of the molecule is Cc1ccc2nc(-c3ccc4nc(-c5ccc(NS(=O)(=O)C6C=CC=C(Oc7cc(O)c8c(c7N)C(=O)c7ccccc7C8=O)C(Cl)=C6)cc5)sc4c3)sc2c1. The van der Waals surface area contributed by atoms with Gasteiger partial charge in [0.1, 0.15) is 26.8 Å². The van der Waals surface area contributed by atoms with Crippen LogP contribution in [0.25, 0.3) is 41.6 Å². The summed E-state index contributed by atoms with van der Waals surface area (Å²) in [6.07, 6.45) is 5.61. The highest BCUT2D eigenvalue weighted by atomic mass is 35.5. The number of benzene rings is 5. The number of nitrogens with one attached hydrogen (secondary N) is 1. The maximum Gasteiger partial charge on any atom is 0.242 e. The number of nitrogens with zero attached hydrogens (tertiary/aromatic N) is 2. The summed E-state index contributed by atoms with van der Waals surface area (Å²) in [6, 6.07) is 26.7. The van der Waals surface area contributed by atoms with Crippen LogP contribution in [0, 0.1) is 6.92 Å². The van der Waals surface area contributed by atoms with Crippen molar-refractivity contribution in [1.82, 2.24) is 9.97 Å². The lowest BCUT2D eigenvalue weighted by atomic mass is 9.82. The lowest BCUT2D eigenvalue weighted by Crippen LogP contribution is -2.24. The number of anilines is 2. The predicted octanol–water partition coefficient (Wildman–Crippen LogP) is 9.38. The number of hydrogen-bond donors (Lipinski definition) is 3. The first-order valence-corrected chi connectivity index (χ1v) is 20.7. The number of phenolic OH excluding ortho intramolecular Hbond substituents is 1. The molecule has 0 saturated heterocycles. The number of hydrogen-bond acceptors (Lipinski definition) is 11. The van der Waals surface area contributed by atoms with Crippen molar-refractivity contribution in [1.29, 1.82) is 0 Å². The van der Waals surface area contributed by atoms with Crippen molar-refractivity contribution in [3.8, 4) is 32.6 Å². The predicted molar refractivity (Wildman–Crippen MR) is 222 cm³/mol. The number of ether oxygens (including phenoxy) is 1. The molecule has 56 heavy (non-hydrogen) atoms. The molecule has 10 nitrogen and oxygen atoms in total. The van der Waals surface area contributed by atoms with E-state index in [9.17, 15) is 23.1 Å². The number of aromatic nitrogens is 2. The van der Waals surface area contributed by atoms with Gasteiger partial charge in [0.25, 0.3) is 0 Å².